The van der Waals surface area contributed by atoms with Crippen LogP contribution in [0.25, 0.3) is 0 Å². The molecular weight excluding hydrogens is 264 g/mol. The van der Waals surface area contributed by atoms with Crippen LogP contribution in [0.3, 0.4) is 0 Å². The number of hydrogen-bond acceptors (Lipinski definition) is 4. The van der Waals surface area contributed by atoms with Gasteiger partial charge in [0.2, 0.25) is 0 Å². The number of carbonyl (C=O) groups excluding carboxylic acids is 1. The number of nitrogens with zero attached hydrogens (tertiary/aromatic N) is 1. The van der Waals surface area contributed by atoms with Crippen molar-refractivity contribution in [2.24, 2.45) is 5.41 Å². The van der Waals surface area contributed by atoms with Crippen LogP contribution in [-0.4, -0.2) is 49.7 Å². The first-order valence-electron chi connectivity index (χ1n) is 8.51. The van der Waals surface area contributed by atoms with Crippen LogP contribution in [0.15, 0.2) is 0 Å². The van der Waals surface area contributed by atoms with Gasteiger partial charge in [0, 0.05) is 6.54 Å². The van der Waals surface area contributed by atoms with Crippen molar-refractivity contribution in [2.75, 3.05) is 33.3 Å². The zero-order chi connectivity index (χ0) is 15.9. The van der Waals surface area contributed by atoms with Crippen LogP contribution in [0.1, 0.15) is 59.8 Å². The molecule has 1 aliphatic heterocycles. The Morgan fingerprint density at radius 3 is 2.24 bits per heavy atom. The van der Waals surface area contributed by atoms with Crippen LogP contribution in [0.2, 0.25) is 0 Å². The molecule has 1 rings (SSSR count). The van der Waals surface area contributed by atoms with Gasteiger partial charge in [-0.15, -0.1) is 0 Å². The molecule has 0 aromatic carbocycles. The van der Waals surface area contributed by atoms with Gasteiger partial charge in [0.25, 0.3) is 0 Å². The van der Waals surface area contributed by atoms with E-state index in [1.807, 2.05) is 6.92 Å². The summed E-state index contributed by atoms with van der Waals surface area (Å²) in [6.07, 6.45) is 6.02. The Morgan fingerprint density at radius 1 is 1.24 bits per heavy atom. The molecule has 0 amide bonds. The third-order valence-electron chi connectivity index (χ3n) is 5.36. The van der Waals surface area contributed by atoms with E-state index < -0.39 is 5.54 Å². The van der Waals surface area contributed by atoms with Gasteiger partial charge in [-0.05, 0) is 51.2 Å². The summed E-state index contributed by atoms with van der Waals surface area (Å²) >= 11 is 0. The van der Waals surface area contributed by atoms with Crippen LogP contribution in [0, 0.1) is 5.41 Å². The van der Waals surface area contributed by atoms with Crippen molar-refractivity contribution >= 4 is 5.97 Å². The number of likely N-dealkylation sites (tertiary alicyclic amines) is 1. The Hall–Kier alpha value is -0.610. The Labute approximate surface area is 130 Å². The van der Waals surface area contributed by atoms with Gasteiger partial charge in [-0.3, -0.25) is 4.79 Å². The lowest BCUT2D eigenvalue weighted by Gasteiger charge is -2.43. The number of esters is 1. The second-order valence-electron chi connectivity index (χ2n) is 6.73. The van der Waals surface area contributed by atoms with E-state index in [-0.39, 0.29) is 5.97 Å². The van der Waals surface area contributed by atoms with Crippen molar-refractivity contribution < 1.29 is 9.53 Å². The summed E-state index contributed by atoms with van der Waals surface area (Å²) in [4.78, 5) is 14.6. The Balaban J connectivity index is 2.63. The predicted octanol–water partition coefficient (Wildman–Crippen LogP) is 2.82. The molecule has 1 N–H and O–H groups in total. The van der Waals surface area contributed by atoms with Gasteiger partial charge in [0.15, 0.2) is 0 Å². The van der Waals surface area contributed by atoms with Crippen LogP contribution >= 0.6 is 0 Å². The minimum absolute atomic E-state index is 0.154. The van der Waals surface area contributed by atoms with Crippen LogP contribution in [0.5, 0.6) is 0 Å². The molecule has 1 heterocycles. The van der Waals surface area contributed by atoms with E-state index in [1.54, 1.807) is 0 Å². The quantitative estimate of drug-likeness (QED) is 0.700. The first-order chi connectivity index (χ1) is 9.95. The lowest BCUT2D eigenvalue weighted by atomic mass is 9.74. The SMILES string of the molecule is CCCNC(C)(CN1CCC(CC)(CC)CC1)C(=O)OC. The fraction of sp³-hybridized carbons (Fsp3) is 0.941. The normalized spacial score (nSPS) is 21.8. The van der Waals surface area contributed by atoms with Crippen molar-refractivity contribution in [2.45, 2.75) is 65.3 Å². The Morgan fingerprint density at radius 2 is 1.81 bits per heavy atom. The Kier molecular flexibility index (Phi) is 7.14. The summed E-state index contributed by atoms with van der Waals surface area (Å²) in [6, 6.07) is 0. The number of piperidine rings is 1. The molecule has 1 saturated heterocycles. The number of carbonyl (C=O) groups is 1. The van der Waals surface area contributed by atoms with E-state index in [4.69, 9.17) is 4.74 Å². The second-order valence-corrected chi connectivity index (χ2v) is 6.73. The molecule has 0 aromatic heterocycles. The minimum Gasteiger partial charge on any atom is -0.468 e. The van der Waals surface area contributed by atoms with Gasteiger partial charge >= 0.3 is 5.97 Å². The first kappa shape index (κ1) is 18.4. The summed E-state index contributed by atoms with van der Waals surface area (Å²) in [6.45, 7) is 12.4. The molecular formula is C17H34N2O2. The molecule has 0 aliphatic carbocycles. The summed E-state index contributed by atoms with van der Waals surface area (Å²) in [5.74, 6) is -0.154. The number of ether oxygens (including phenoxy) is 1. The second kappa shape index (κ2) is 8.14. The molecule has 4 heteroatoms. The van der Waals surface area contributed by atoms with E-state index >= 15 is 0 Å². The summed E-state index contributed by atoms with van der Waals surface area (Å²) in [5.41, 5.74) is -0.0712. The Bertz CT molecular complexity index is 319. The van der Waals surface area contributed by atoms with E-state index in [2.05, 4.69) is 31.0 Å². The smallest absolute Gasteiger partial charge is 0.327 e. The number of methoxy groups -OCH3 is 1. The molecule has 1 unspecified atom stereocenters. The molecule has 4 nitrogen and oxygen atoms in total. The van der Waals surface area contributed by atoms with Gasteiger partial charge in [-0.25, -0.2) is 0 Å². The van der Waals surface area contributed by atoms with E-state index in [0.717, 1.165) is 32.6 Å². The van der Waals surface area contributed by atoms with Gasteiger partial charge < -0.3 is 15.0 Å². The average molecular weight is 298 g/mol. The number of hydrogen-bond donors (Lipinski definition) is 1. The van der Waals surface area contributed by atoms with E-state index in [1.165, 1.54) is 32.8 Å². The maximum absolute atomic E-state index is 12.1. The van der Waals surface area contributed by atoms with E-state index in [0.29, 0.717) is 5.41 Å². The highest BCUT2D eigenvalue weighted by molar-refractivity contribution is 5.80. The summed E-state index contributed by atoms with van der Waals surface area (Å²) in [7, 11) is 1.48. The summed E-state index contributed by atoms with van der Waals surface area (Å²) < 4.78 is 5.01. The highest BCUT2D eigenvalue weighted by Gasteiger charge is 2.38. The first-order valence-corrected chi connectivity index (χ1v) is 8.51. The standard InChI is InChI=1S/C17H34N2O2/c1-6-11-18-16(4,15(20)21-5)14-19-12-9-17(7-2,8-3)10-13-19/h18H,6-14H2,1-5H3. The third-order valence-corrected chi connectivity index (χ3v) is 5.36. The van der Waals surface area contributed by atoms with Crippen LogP contribution in [-0.2, 0) is 9.53 Å². The highest BCUT2D eigenvalue weighted by Crippen LogP contribution is 2.38. The maximum atomic E-state index is 12.1. The third kappa shape index (κ3) is 4.68. The molecule has 1 aliphatic rings. The monoisotopic (exact) mass is 298 g/mol. The molecule has 0 aromatic rings. The van der Waals surface area contributed by atoms with E-state index in [9.17, 15) is 4.79 Å². The fourth-order valence-electron chi connectivity index (χ4n) is 3.41. The van der Waals surface area contributed by atoms with Crippen LogP contribution in [0.4, 0.5) is 0 Å². The molecule has 21 heavy (non-hydrogen) atoms. The zero-order valence-electron chi connectivity index (χ0n) is 14.6. The van der Waals surface area contributed by atoms with Gasteiger partial charge in [-0.2, -0.15) is 0 Å². The number of rotatable bonds is 8. The van der Waals surface area contributed by atoms with Crippen LogP contribution < -0.4 is 5.32 Å². The topological polar surface area (TPSA) is 41.6 Å². The van der Waals surface area contributed by atoms with Crippen molar-refractivity contribution in [3.8, 4) is 0 Å². The summed E-state index contributed by atoms with van der Waals surface area (Å²) in [5, 5.41) is 3.38. The molecule has 0 spiro atoms. The molecule has 124 valence electrons. The molecule has 1 atom stereocenters. The predicted molar refractivity (Wildman–Crippen MR) is 87.4 cm³/mol. The molecule has 0 saturated carbocycles. The average Bonchev–Trinajstić information content (AvgIpc) is 2.53. The van der Waals surface area contributed by atoms with Crippen molar-refractivity contribution in [1.29, 1.82) is 0 Å². The van der Waals surface area contributed by atoms with Crippen molar-refractivity contribution in [3.63, 3.8) is 0 Å². The number of nitrogens with one attached hydrogen (secondary N) is 1. The highest BCUT2D eigenvalue weighted by atomic mass is 16.5. The lowest BCUT2D eigenvalue weighted by Crippen LogP contribution is -2.59. The zero-order valence-corrected chi connectivity index (χ0v) is 14.6. The van der Waals surface area contributed by atoms with Gasteiger partial charge in [0.05, 0.1) is 7.11 Å². The maximum Gasteiger partial charge on any atom is 0.327 e. The van der Waals surface area contributed by atoms with Crippen molar-refractivity contribution in [1.82, 2.24) is 10.2 Å². The van der Waals surface area contributed by atoms with Gasteiger partial charge in [0.1, 0.15) is 5.54 Å². The van der Waals surface area contributed by atoms with Gasteiger partial charge in [-0.1, -0.05) is 33.6 Å². The fourth-order valence-corrected chi connectivity index (χ4v) is 3.41. The lowest BCUT2D eigenvalue weighted by molar-refractivity contribution is -0.149. The molecule has 0 radical (unpaired) electrons. The van der Waals surface area contributed by atoms with Crippen molar-refractivity contribution in [3.05, 3.63) is 0 Å². The molecule has 0 bridgehead atoms. The molecule has 1 fully saturated rings. The minimum atomic E-state index is -0.594. The largest absolute Gasteiger partial charge is 0.468 e.